The number of aromatic nitrogens is 3. The van der Waals surface area contributed by atoms with E-state index >= 15 is 0 Å². The van der Waals surface area contributed by atoms with Gasteiger partial charge in [-0.1, -0.05) is 41.0 Å². The summed E-state index contributed by atoms with van der Waals surface area (Å²) in [6, 6.07) is 12.7. The molecule has 0 aliphatic carbocycles. The van der Waals surface area contributed by atoms with Crippen molar-refractivity contribution >= 4 is 58.3 Å². The molecule has 0 unspecified atom stereocenters. The van der Waals surface area contributed by atoms with E-state index in [9.17, 15) is 4.79 Å². The first kappa shape index (κ1) is 22.8. The van der Waals surface area contributed by atoms with Crippen LogP contribution in [0, 0.1) is 0 Å². The third kappa shape index (κ3) is 6.31. The van der Waals surface area contributed by atoms with Crippen molar-refractivity contribution in [2.75, 3.05) is 18.2 Å². The number of amides is 1. The summed E-state index contributed by atoms with van der Waals surface area (Å²) in [6.07, 6.45) is 0. The standard InChI is InChI=1S/C20H20Cl2N4O2S2/c1-26-18(11-29-10-13-3-4-14(21)9-17(13)22)24-25-20(26)30-12-19(27)23-15-5-7-16(28-2)8-6-15/h3-9H,10-12H2,1-2H3,(H,23,27). The second kappa shape index (κ2) is 10.9. The molecule has 0 fully saturated rings. The fraction of sp³-hybridized carbons (Fsp3) is 0.250. The molecule has 1 aromatic heterocycles. The number of carbonyl (C=O) groups is 1. The molecule has 0 spiro atoms. The van der Waals surface area contributed by atoms with Crippen LogP contribution in [0.5, 0.6) is 5.75 Å². The van der Waals surface area contributed by atoms with E-state index in [1.54, 1.807) is 49.2 Å². The van der Waals surface area contributed by atoms with Crippen molar-refractivity contribution in [1.29, 1.82) is 0 Å². The molecule has 3 rings (SSSR count). The highest BCUT2D eigenvalue weighted by atomic mass is 35.5. The number of rotatable bonds is 9. The molecule has 0 aliphatic heterocycles. The first-order valence-corrected chi connectivity index (χ1v) is 11.8. The fourth-order valence-corrected chi connectivity index (χ4v) is 4.78. The monoisotopic (exact) mass is 482 g/mol. The van der Waals surface area contributed by atoms with Crippen LogP contribution in [0.25, 0.3) is 0 Å². The third-order valence-corrected chi connectivity index (χ3v) is 6.72. The maximum absolute atomic E-state index is 12.2. The van der Waals surface area contributed by atoms with Gasteiger partial charge in [0.15, 0.2) is 5.16 Å². The largest absolute Gasteiger partial charge is 0.497 e. The molecule has 3 aromatic rings. The van der Waals surface area contributed by atoms with Crippen molar-refractivity contribution in [3.63, 3.8) is 0 Å². The first-order valence-electron chi connectivity index (χ1n) is 8.93. The zero-order valence-electron chi connectivity index (χ0n) is 16.4. The van der Waals surface area contributed by atoms with Crippen LogP contribution >= 0.6 is 46.7 Å². The molecule has 0 aliphatic rings. The summed E-state index contributed by atoms with van der Waals surface area (Å²) in [6.45, 7) is 0. The van der Waals surface area contributed by atoms with Gasteiger partial charge in [-0.05, 0) is 42.0 Å². The lowest BCUT2D eigenvalue weighted by atomic mass is 10.2. The molecule has 158 valence electrons. The molecule has 30 heavy (non-hydrogen) atoms. The maximum Gasteiger partial charge on any atom is 0.234 e. The molecule has 10 heteroatoms. The highest BCUT2D eigenvalue weighted by molar-refractivity contribution is 7.99. The van der Waals surface area contributed by atoms with Gasteiger partial charge in [-0.3, -0.25) is 4.79 Å². The molecule has 6 nitrogen and oxygen atoms in total. The zero-order chi connectivity index (χ0) is 21.5. The van der Waals surface area contributed by atoms with E-state index in [-0.39, 0.29) is 11.7 Å². The predicted octanol–water partition coefficient (Wildman–Crippen LogP) is 5.29. The van der Waals surface area contributed by atoms with Crippen molar-refractivity contribution in [3.05, 3.63) is 63.9 Å². The van der Waals surface area contributed by atoms with Crippen molar-refractivity contribution in [2.24, 2.45) is 7.05 Å². The van der Waals surface area contributed by atoms with E-state index in [4.69, 9.17) is 27.9 Å². The summed E-state index contributed by atoms with van der Waals surface area (Å²) in [4.78, 5) is 12.2. The molecular weight excluding hydrogens is 463 g/mol. The van der Waals surface area contributed by atoms with Gasteiger partial charge in [0.05, 0.1) is 18.6 Å². The van der Waals surface area contributed by atoms with Gasteiger partial charge >= 0.3 is 0 Å². The van der Waals surface area contributed by atoms with E-state index in [2.05, 4.69) is 15.5 Å². The second-order valence-electron chi connectivity index (χ2n) is 6.25. The number of ether oxygens (including phenoxy) is 1. The number of nitrogens with zero attached hydrogens (tertiary/aromatic N) is 3. The number of anilines is 1. The van der Waals surface area contributed by atoms with Gasteiger partial charge in [0, 0.05) is 28.5 Å². The first-order chi connectivity index (χ1) is 14.5. The van der Waals surface area contributed by atoms with Gasteiger partial charge in [-0.2, -0.15) is 0 Å². The van der Waals surface area contributed by atoms with Gasteiger partial charge in [-0.25, -0.2) is 0 Å². The Kier molecular flexibility index (Phi) is 8.32. The number of thioether (sulfide) groups is 2. The number of nitrogens with one attached hydrogen (secondary N) is 1. The summed E-state index contributed by atoms with van der Waals surface area (Å²) in [5.74, 6) is 3.14. The van der Waals surface area contributed by atoms with Crippen molar-refractivity contribution in [1.82, 2.24) is 14.8 Å². The number of benzene rings is 2. The summed E-state index contributed by atoms with van der Waals surface area (Å²) in [5.41, 5.74) is 1.75. The topological polar surface area (TPSA) is 69.0 Å². The molecule has 0 saturated heterocycles. The quantitative estimate of drug-likeness (QED) is 0.417. The average Bonchev–Trinajstić information content (AvgIpc) is 3.08. The Morgan fingerprint density at radius 2 is 1.90 bits per heavy atom. The minimum Gasteiger partial charge on any atom is -0.497 e. The Balaban J connectivity index is 1.47. The van der Waals surface area contributed by atoms with Crippen LogP contribution in [0.15, 0.2) is 47.6 Å². The summed E-state index contributed by atoms with van der Waals surface area (Å²) in [5, 5.41) is 13.3. The highest BCUT2D eigenvalue weighted by Gasteiger charge is 2.12. The van der Waals surface area contributed by atoms with Crippen LogP contribution in [0.4, 0.5) is 5.69 Å². The van der Waals surface area contributed by atoms with Crippen LogP contribution < -0.4 is 10.1 Å². The Morgan fingerprint density at radius 1 is 1.13 bits per heavy atom. The summed E-state index contributed by atoms with van der Waals surface area (Å²) >= 11 is 15.2. The van der Waals surface area contributed by atoms with Crippen LogP contribution in [-0.4, -0.2) is 33.5 Å². The Hall–Kier alpha value is -1.87. The SMILES string of the molecule is COc1ccc(NC(=O)CSc2nnc(CSCc3ccc(Cl)cc3Cl)n2C)cc1. The Labute approximate surface area is 193 Å². The van der Waals surface area contributed by atoms with Crippen LogP contribution in [0.2, 0.25) is 10.0 Å². The zero-order valence-corrected chi connectivity index (χ0v) is 19.5. The van der Waals surface area contributed by atoms with Gasteiger partial charge < -0.3 is 14.6 Å². The van der Waals surface area contributed by atoms with Crippen LogP contribution in [0.3, 0.4) is 0 Å². The molecule has 1 amide bonds. The number of carbonyl (C=O) groups excluding carboxylic acids is 1. The van der Waals surface area contributed by atoms with E-state index in [0.29, 0.717) is 21.0 Å². The second-order valence-corrected chi connectivity index (χ2v) is 9.02. The average molecular weight is 483 g/mol. The van der Waals surface area contributed by atoms with Gasteiger partial charge in [0.25, 0.3) is 0 Å². The fourth-order valence-electron chi connectivity index (χ4n) is 2.49. The molecule has 0 atom stereocenters. The number of hydrogen-bond donors (Lipinski definition) is 1. The van der Waals surface area contributed by atoms with Gasteiger partial charge in [0.1, 0.15) is 11.6 Å². The van der Waals surface area contributed by atoms with Crippen molar-refractivity contribution in [3.8, 4) is 5.75 Å². The lowest BCUT2D eigenvalue weighted by Gasteiger charge is -2.07. The van der Waals surface area contributed by atoms with E-state index in [1.165, 1.54) is 11.8 Å². The summed E-state index contributed by atoms with van der Waals surface area (Å²) < 4.78 is 7.01. The predicted molar refractivity (Wildman–Crippen MR) is 125 cm³/mol. The Bertz CT molecular complexity index is 1010. The molecule has 2 aromatic carbocycles. The van der Waals surface area contributed by atoms with Gasteiger partial charge in [0.2, 0.25) is 5.91 Å². The molecule has 0 saturated carbocycles. The molecule has 0 bridgehead atoms. The smallest absolute Gasteiger partial charge is 0.234 e. The lowest BCUT2D eigenvalue weighted by molar-refractivity contribution is -0.113. The minimum absolute atomic E-state index is 0.110. The van der Waals surface area contributed by atoms with Crippen LogP contribution in [0.1, 0.15) is 11.4 Å². The summed E-state index contributed by atoms with van der Waals surface area (Å²) in [7, 11) is 3.50. The van der Waals surface area contributed by atoms with E-state index in [0.717, 1.165) is 28.6 Å². The lowest BCUT2D eigenvalue weighted by Crippen LogP contribution is -2.14. The molecular formula is C20H20Cl2N4O2S2. The maximum atomic E-state index is 12.2. The number of hydrogen-bond acceptors (Lipinski definition) is 6. The normalized spacial score (nSPS) is 10.8. The van der Waals surface area contributed by atoms with E-state index in [1.807, 2.05) is 23.7 Å². The minimum atomic E-state index is -0.110. The van der Waals surface area contributed by atoms with E-state index < -0.39 is 0 Å². The van der Waals surface area contributed by atoms with Crippen molar-refractivity contribution in [2.45, 2.75) is 16.7 Å². The number of methoxy groups -OCH3 is 1. The van der Waals surface area contributed by atoms with Gasteiger partial charge in [-0.15, -0.1) is 22.0 Å². The van der Waals surface area contributed by atoms with Crippen LogP contribution in [-0.2, 0) is 23.3 Å². The number of halogens is 2. The Morgan fingerprint density at radius 3 is 2.60 bits per heavy atom. The third-order valence-electron chi connectivity index (χ3n) is 4.14. The highest BCUT2D eigenvalue weighted by Crippen LogP contribution is 2.26. The molecule has 1 heterocycles. The molecule has 0 radical (unpaired) electrons. The molecule has 1 N–H and O–H groups in total. The van der Waals surface area contributed by atoms with Crippen molar-refractivity contribution < 1.29 is 9.53 Å².